The topological polar surface area (TPSA) is 58.2 Å². The van der Waals surface area contributed by atoms with E-state index in [9.17, 15) is 14.0 Å². The van der Waals surface area contributed by atoms with Crippen molar-refractivity contribution in [2.24, 2.45) is 0 Å². The van der Waals surface area contributed by atoms with Gasteiger partial charge in [-0.1, -0.05) is 12.1 Å². The number of hydrogen-bond donors (Lipinski definition) is 2. The number of rotatable bonds is 4. The van der Waals surface area contributed by atoms with Crippen molar-refractivity contribution in [2.45, 2.75) is 13.3 Å². The molecular formula is C16H14BrFN2O2. The van der Waals surface area contributed by atoms with Crippen molar-refractivity contribution < 1.29 is 14.0 Å². The third-order valence-corrected chi connectivity index (χ3v) is 3.48. The quantitative estimate of drug-likeness (QED) is 0.809. The smallest absolute Gasteiger partial charge is 0.233 e. The molecule has 114 valence electrons. The molecule has 0 aromatic heterocycles. The molecule has 4 nitrogen and oxygen atoms in total. The second-order valence-corrected chi connectivity index (χ2v) is 5.62. The number of halogens is 2. The summed E-state index contributed by atoms with van der Waals surface area (Å²) in [4.78, 5) is 23.6. The fraction of sp³-hybridized carbons (Fsp3) is 0.125. The third kappa shape index (κ3) is 4.66. The van der Waals surface area contributed by atoms with Gasteiger partial charge in [0.05, 0.1) is 5.69 Å². The van der Waals surface area contributed by atoms with Crippen molar-refractivity contribution in [2.75, 3.05) is 10.6 Å². The van der Waals surface area contributed by atoms with E-state index < -0.39 is 17.6 Å². The molecule has 22 heavy (non-hydrogen) atoms. The summed E-state index contributed by atoms with van der Waals surface area (Å²) in [6.07, 6.45) is -0.350. The van der Waals surface area contributed by atoms with E-state index >= 15 is 0 Å². The number of aryl methyl sites for hydroxylation is 1. The zero-order valence-electron chi connectivity index (χ0n) is 11.8. The average molecular weight is 365 g/mol. The lowest BCUT2D eigenvalue weighted by Gasteiger charge is -2.09. The molecule has 0 atom stereocenters. The summed E-state index contributed by atoms with van der Waals surface area (Å²) in [5.41, 5.74) is 1.96. The molecule has 0 fully saturated rings. The molecule has 6 heteroatoms. The molecule has 2 rings (SSSR count). The Morgan fingerprint density at radius 1 is 1.09 bits per heavy atom. The average Bonchev–Trinajstić information content (AvgIpc) is 2.41. The zero-order chi connectivity index (χ0) is 16.1. The van der Waals surface area contributed by atoms with Gasteiger partial charge in [-0.05, 0) is 58.7 Å². The van der Waals surface area contributed by atoms with E-state index in [-0.39, 0.29) is 6.42 Å². The summed E-state index contributed by atoms with van der Waals surface area (Å²) in [5, 5.41) is 5.12. The van der Waals surface area contributed by atoms with E-state index in [1.54, 1.807) is 12.1 Å². The lowest BCUT2D eigenvalue weighted by molar-refractivity contribution is -0.123. The lowest BCUT2D eigenvalue weighted by atomic mass is 10.2. The van der Waals surface area contributed by atoms with Crippen molar-refractivity contribution in [1.29, 1.82) is 0 Å². The van der Waals surface area contributed by atoms with E-state index in [0.717, 1.165) is 10.0 Å². The molecule has 2 N–H and O–H groups in total. The van der Waals surface area contributed by atoms with Crippen LogP contribution < -0.4 is 10.6 Å². The third-order valence-electron chi connectivity index (χ3n) is 2.83. The van der Waals surface area contributed by atoms with Gasteiger partial charge in [0, 0.05) is 10.2 Å². The summed E-state index contributed by atoms with van der Waals surface area (Å²) in [7, 11) is 0. The van der Waals surface area contributed by atoms with Crippen molar-refractivity contribution in [3.8, 4) is 0 Å². The number of amides is 2. The van der Waals surface area contributed by atoms with Gasteiger partial charge in [-0.15, -0.1) is 0 Å². The number of anilines is 2. The summed E-state index contributed by atoms with van der Waals surface area (Å²) in [5.74, 6) is -1.41. The van der Waals surface area contributed by atoms with Crippen LogP contribution >= 0.6 is 15.9 Å². The van der Waals surface area contributed by atoms with E-state index in [2.05, 4.69) is 26.6 Å². The first-order chi connectivity index (χ1) is 10.4. The predicted octanol–water partition coefficient (Wildman–Crippen LogP) is 3.86. The Hall–Kier alpha value is -2.21. The van der Waals surface area contributed by atoms with Gasteiger partial charge >= 0.3 is 0 Å². The maximum atomic E-state index is 13.0. The zero-order valence-corrected chi connectivity index (χ0v) is 13.4. The van der Waals surface area contributed by atoms with Crippen molar-refractivity contribution in [3.63, 3.8) is 0 Å². The molecule has 0 aliphatic rings. The number of carbonyl (C=O) groups excluding carboxylic acids is 2. The molecule has 0 radical (unpaired) electrons. The minimum absolute atomic E-state index is 0.314. The van der Waals surface area contributed by atoms with Crippen molar-refractivity contribution >= 4 is 39.1 Å². The van der Waals surface area contributed by atoms with Crippen LogP contribution in [-0.4, -0.2) is 11.8 Å². The minimum atomic E-state index is -0.508. The molecule has 2 aromatic carbocycles. The van der Waals surface area contributed by atoms with Gasteiger partial charge in [-0.3, -0.25) is 9.59 Å². The molecule has 0 aliphatic carbocycles. The second-order valence-electron chi connectivity index (χ2n) is 4.77. The molecule has 2 aromatic rings. The molecule has 0 unspecified atom stereocenters. The Kier molecular flexibility index (Phi) is 5.27. The van der Waals surface area contributed by atoms with E-state index in [1.807, 2.05) is 19.1 Å². The molecule has 0 heterocycles. The monoisotopic (exact) mass is 364 g/mol. The molecule has 2 amide bonds. The molecule has 0 spiro atoms. The number of hydrogen-bond acceptors (Lipinski definition) is 2. The molecule has 0 bridgehead atoms. The Labute approximate surface area is 135 Å². The summed E-state index contributed by atoms with van der Waals surface area (Å²) < 4.78 is 13.8. The maximum absolute atomic E-state index is 13.0. The Morgan fingerprint density at radius 2 is 1.82 bits per heavy atom. The van der Waals surface area contributed by atoms with Crippen molar-refractivity contribution in [3.05, 3.63) is 58.3 Å². The highest BCUT2D eigenvalue weighted by atomic mass is 79.9. The van der Waals surface area contributed by atoms with Gasteiger partial charge < -0.3 is 10.6 Å². The first-order valence-electron chi connectivity index (χ1n) is 6.55. The number of carbonyl (C=O) groups is 2. The fourth-order valence-electron chi connectivity index (χ4n) is 1.83. The standard InChI is InChI=1S/C16H14BrFN2O2/c1-10-5-6-14(13(17)7-10)20-16(22)9-15(21)19-12-4-2-3-11(18)8-12/h2-8H,9H2,1H3,(H,19,21)(H,20,22). The van der Waals surface area contributed by atoms with Crippen LogP contribution in [-0.2, 0) is 9.59 Å². The largest absolute Gasteiger partial charge is 0.326 e. The van der Waals surface area contributed by atoms with Gasteiger partial charge in [0.1, 0.15) is 12.2 Å². The normalized spacial score (nSPS) is 10.1. The summed E-state index contributed by atoms with van der Waals surface area (Å²) in [6.45, 7) is 1.93. The highest BCUT2D eigenvalue weighted by molar-refractivity contribution is 9.10. The van der Waals surface area contributed by atoms with Gasteiger partial charge in [0.15, 0.2) is 0 Å². The SMILES string of the molecule is Cc1ccc(NC(=O)CC(=O)Nc2cccc(F)c2)c(Br)c1. The van der Waals surface area contributed by atoms with Crippen LogP contribution in [0.15, 0.2) is 46.9 Å². The molecular weight excluding hydrogens is 351 g/mol. The fourth-order valence-corrected chi connectivity index (χ4v) is 2.43. The maximum Gasteiger partial charge on any atom is 0.233 e. The highest BCUT2D eigenvalue weighted by Crippen LogP contribution is 2.23. The lowest BCUT2D eigenvalue weighted by Crippen LogP contribution is -2.21. The first kappa shape index (κ1) is 16.2. The summed E-state index contributed by atoms with van der Waals surface area (Å²) in [6, 6.07) is 11.0. The molecule has 0 saturated heterocycles. The van der Waals surface area contributed by atoms with Crippen LogP contribution in [0.2, 0.25) is 0 Å². The molecule has 0 aliphatic heterocycles. The van der Waals surface area contributed by atoms with E-state index in [1.165, 1.54) is 18.2 Å². The van der Waals surface area contributed by atoms with Gasteiger partial charge in [-0.25, -0.2) is 4.39 Å². The first-order valence-corrected chi connectivity index (χ1v) is 7.35. The molecule has 0 saturated carbocycles. The van der Waals surface area contributed by atoms with Crippen LogP contribution in [0, 0.1) is 12.7 Å². The van der Waals surface area contributed by atoms with E-state index in [0.29, 0.717) is 11.4 Å². The highest BCUT2D eigenvalue weighted by Gasteiger charge is 2.11. The Bertz CT molecular complexity index is 719. The van der Waals surface area contributed by atoms with Crippen LogP contribution in [0.1, 0.15) is 12.0 Å². The predicted molar refractivity (Wildman–Crippen MR) is 87.2 cm³/mol. The van der Waals surface area contributed by atoms with Gasteiger partial charge in [-0.2, -0.15) is 0 Å². The van der Waals surface area contributed by atoms with Crippen molar-refractivity contribution in [1.82, 2.24) is 0 Å². The van der Waals surface area contributed by atoms with Gasteiger partial charge in [0.2, 0.25) is 11.8 Å². The van der Waals surface area contributed by atoms with Crippen LogP contribution in [0.4, 0.5) is 15.8 Å². The van der Waals surface area contributed by atoms with Crippen LogP contribution in [0.25, 0.3) is 0 Å². The second kappa shape index (κ2) is 7.17. The van der Waals surface area contributed by atoms with Crippen LogP contribution in [0.3, 0.4) is 0 Å². The summed E-state index contributed by atoms with van der Waals surface area (Å²) >= 11 is 3.35. The number of nitrogens with one attached hydrogen (secondary N) is 2. The van der Waals surface area contributed by atoms with Gasteiger partial charge in [0.25, 0.3) is 0 Å². The van der Waals surface area contributed by atoms with Crippen LogP contribution in [0.5, 0.6) is 0 Å². The number of benzene rings is 2. The van der Waals surface area contributed by atoms with E-state index in [4.69, 9.17) is 0 Å². The minimum Gasteiger partial charge on any atom is -0.326 e. The Morgan fingerprint density at radius 3 is 2.50 bits per heavy atom. The Balaban J connectivity index is 1.92.